The first-order chi connectivity index (χ1) is 5.20. The van der Waals surface area contributed by atoms with Gasteiger partial charge in [0, 0.05) is 0 Å². The third-order valence-electron chi connectivity index (χ3n) is 2.15. The second-order valence-electron chi connectivity index (χ2n) is 3.56. The number of rotatable bonds is 6. The summed E-state index contributed by atoms with van der Waals surface area (Å²) in [5.41, 5.74) is 0. The van der Waals surface area contributed by atoms with Gasteiger partial charge in [0.15, 0.2) is 0 Å². The Hall–Kier alpha value is 0.503. The van der Waals surface area contributed by atoms with Crippen LogP contribution in [0.1, 0.15) is 33.6 Å². The van der Waals surface area contributed by atoms with Crippen molar-refractivity contribution in [3.63, 3.8) is 0 Å². The van der Waals surface area contributed by atoms with E-state index in [4.69, 9.17) is 0 Å². The zero-order valence-corrected chi connectivity index (χ0v) is 12.8. The van der Waals surface area contributed by atoms with Gasteiger partial charge in [-0.3, -0.25) is 0 Å². The first-order valence-electron chi connectivity index (χ1n) is 4.93. The molecule has 11 heavy (non-hydrogen) atoms. The average molecular weight is 218 g/mol. The zero-order chi connectivity index (χ0) is 8.69. The minimum absolute atomic E-state index is 1.04. The van der Waals surface area contributed by atoms with Crippen molar-refractivity contribution in [2.24, 2.45) is 0 Å². The third-order valence-corrected chi connectivity index (χ3v) is 3.36. The first kappa shape index (κ1) is 11.5. The van der Waals surface area contributed by atoms with E-state index < -0.39 is 0 Å². The van der Waals surface area contributed by atoms with Crippen LogP contribution < -0.4 is 0 Å². The van der Waals surface area contributed by atoms with Crippen molar-refractivity contribution in [1.82, 2.24) is 4.90 Å². The summed E-state index contributed by atoms with van der Waals surface area (Å²) in [6, 6.07) is 0. The van der Waals surface area contributed by atoms with Crippen LogP contribution in [0.2, 0.25) is 4.75 Å². The molecule has 0 N–H and O–H groups in total. The van der Waals surface area contributed by atoms with Crippen LogP contribution in [0.25, 0.3) is 0 Å². The molecule has 2 heteroatoms. The van der Waals surface area contributed by atoms with Gasteiger partial charge in [0.25, 0.3) is 0 Å². The van der Waals surface area contributed by atoms with Crippen molar-refractivity contribution in [2.75, 3.05) is 19.6 Å². The van der Waals surface area contributed by atoms with Crippen LogP contribution in [0.4, 0.5) is 0 Å². The molecular formula is C9H23GeN. The van der Waals surface area contributed by atoms with E-state index in [1.54, 1.807) is 0 Å². The Kier molecular flexibility index (Phi) is 7.50. The fourth-order valence-electron chi connectivity index (χ4n) is 1.26. The standard InChI is InChI=1S/C9H23GeN/c1-4-11(5-2)8-6-7-9(3)10/h9H,4-8H2,1-3,10H3. The summed E-state index contributed by atoms with van der Waals surface area (Å²) in [6.45, 7) is 10.6. The molecule has 0 aliphatic rings. The summed E-state index contributed by atoms with van der Waals surface area (Å²) in [5.74, 6) is 0. The van der Waals surface area contributed by atoms with E-state index in [1.165, 1.54) is 32.5 Å². The molecule has 0 aliphatic carbocycles. The number of nitrogens with zero attached hydrogens (tertiary/aromatic N) is 1. The molecule has 1 nitrogen and oxygen atoms in total. The Labute approximate surface area is 79.8 Å². The van der Waals surface area contributed by atoms with Gasteiger partial charge in [0.1, 0.15) is 0 Å². The fraction of sp³-hybridized carbons (Fsp3) is 1.00. The average Bonchev–Trinajstić information content (AvgIpc) is 1.98. The molecule has 0 aromatic heterocycles. The summed E-state index contributed by atoms with van der Waals surface area (Å²) < 4.78 is 1.05. The normalized spacial score (nSPS) is 14.2. The van der Waals surface area contributed by atoms with Gasteiger partial charge in [-0.15, -0.1) is 0 Å². The second-order valence-corrected chi connectivity index (χ2v) is 7.70. The second kappa shape index (κ2) is 7.17. The topological polar surface area (TPSA) is 3.24 Å². The molecule has 0 aromatic carbocycles. The molecule has 0 amide bonds. The van der Waals surface area contributed by atoms with Gasteiger partial charge in [-0.05, 0) is 0 Å². The van der Waals surface area contributed by atoms with Gasteiger partial charge in [-0.1, -0.05) is 0 Å². The van der Waals surface area contributed by atoms with Crippen molar-refractivity contribution in [2.45, 2.75) is 38.4 Å². The molecule has 68 valence electrons. The molecular weight excluding hydrogens is 195 g/mol. The van der Waals surface area contributed by atoms with Crippen molar-refractivity contribution < 1.29 is 0 Å². The van der Waals surface area contributed by atoms with Crippen LogP contribution in [-0.4, -0.2) is 41.0 Å². The van der Waals surface area contributed by atoms with E-state index in [9.17, 15) is 0 Å². The van der Waals surface area contributed by atoms with E-state index in [0.29, 0.717) is 0 Å². The van der Waals surface area contributed by atoms with Gasteiger partial charge in [0.05, 0.1) is 0 Å². The molecule has 0 radical (unpaired) electrons. The summed E-state index contributed by atoms with van der Waals surface area (Å²) in [7, 11) is 0. The molecule has 0 saturated heterocycles. The Morgan fingerprint density at radius 1 is 1.27 bits per heavy atom. The molecule has 0 rings (SSSR count). The summed E-state index contributed by atoms with van der Waals surface area (Å²) in [6.07, 6.45) is 2.86. The number of hydrogen-bond donors (Lipinski definition) is 0. The molecule has 1 atom stereocenters. The van der Waals surface area contributed by atoms with E-state index in [-0.39, 0.29) is 0 Å². The number of hydrogen-bond acceptors (Lipinski definition) is 1. The monoisotopic (exact) mass is 219 g/mol. The van der Waals surface area contributed by atoms with Gasteiger partial charge in [0.2, 0.25) is 0 Å². The Morgan fingerprint density at radius 2 is 1.82 bits per heavy atom. The summed E-state index contributed by atoms with van der Waals surface area (Å²) >= 11 is 1.04. The van der Waals surface area contributed by atoms with Crippen LogP contribution >= 0.6 is 0 Å². The van der Waals surface area contributed by atoms with Gasteiger partial charge < -0.3 is 0 Å². The van der Waals surface area contributed by atoms with Crippen LogP contribution in [0.15, 0.2) is 0 Å². The third kappa shape index (κ3) is 6.88. The van der Waals surface area contributed by atoms with Crippen LogP contribution in [-0.2, 0) is 0 Å². The first-order valence-corrected chi connectivity index (χ1v) is 7.35. The molecule has 0 aromatic rings. The van der Waals surface area contributed by atoms with E-state index in [1.807, 2.05) is 0 Å². The Balaban J connectivity index is 3.21. The Morgan fingerprint density at radius 3 is 2.18 bits per heavy atom. The predicted octanol–water partition coefficient (Wildman–Crippen LogP) is 1.28. The van der Waals surface area contributed by atoms with Gasteiger partial charge in [-0.25, -0.2) is 0 Å². The minimum atomic E-state index is 1.04. The molecule has 0 heterocycles. The van der Waals surface area contributed by atoms with Crippen LogP contribution in [0, 0.1) is 0 Å². The van der Waals surface area contributed by atoms with E-state index in [2.05, 4.69) is 25.7 Å². The van der Waals surface area contributed by atoms with Gasteiger partial charge >= 0.3 is 79.4 Å². The molecule has 0 bridgehead atoms. The predicted molar refractivity (Wildman–Crippen MR) is 56.4 cm³/mol. The van der Waals surface area contributed by atoms with Crippen molar-refractivity contribution >= 4 is 16.5 Å². The molecule has 0 aliphatic heterocycles. The molecule has 0 fully saturated rings. The SMILES string of the molecule is CCN(CC)CCC[CH](C)[GeH3]. The van der Waals surface area contributed by atoms with Crippen LogP contribution in [0.5, 0.6) is 0 Å². The zero-order valence-electron chi connectivity index (χ0n) is 8.56. The molecule has 0 saturated carbocycles. The van der Waals surface area contributed by atoms with Crippen molar-refractivity contribution in [1.29, 1.82) is 0 Å². The summed E-state index contributed by atoms with van der Waals surface area (Å²) in [4.78, 5) is 2.51. The van der Waals surface area contributed by atoms with Crippen LogP contribution in [0.3, 0.4) is 0 Å². The Bertz CT molecular complexity index is 79.6. The fourth-order valence-corrected chi connectivity index (χ4v) is 2.12. The van der Waals surface area contributed by atoms with E-state index in [0.717, 1.165) is 21.3 Å². The maximum atomic E-state index is 2.51. The summed E-state index contributed by atoms with van der Waals surface area (Å²) in [5, 5.41) is 0. The quantitative estimate of drug-likeness (QED) is 0.607. The van der Waals surface area contributed by atoms with E-state index >= 15 is 0 Å². The maximum absolute atomic E-state index is 2.51. The molecule has 0 spiro atoms. The van der Waals surface area contributed by atoms with Crippen molar-refractivity contribution in [3.05, 3.63) is 0 Å². The molecule has 1 unspecified atom stereocenters. The van der Waals surface area contributed by atoms with Crippen molar-refractivity contribution in [3.8, 4) is 0 Å². The van der Waals surface area contributed by atoms with Gasteiger partial charge in [-0.2, -0.15) is 0 Å².